The van der Waals surface area contributed by atoms with Crippen molar-refractivity contribution in [1.82, 2.24) is 0 Å². The Morgan fingerprint density at radius 3 is 2.42 bits per heavy atom. The lowest BCUT2D eigenvalue weighted by Crippen LogP contribution is -2.40. The first kappa shape index (κ1) is 20.1. The molecule has 0 heterocycles. The van der Waals surface area contributed by atoms with Gasteiger partial charge in [-0.3, -0.25) is 10.1 Å². The molecule has 7 nitrogen and oxygen atoms in total. The van der Waals surface area contributed by atoms with E-state index in [1.165, 1.54) is 19.2 Å². The van der Waals surface area contributed by atoms with E-state index in [9.17, 15) is 14.9 Å². The highest BCUT2D eigenvalue weighted by molar-refractivity contribution is 6.74. The van der Waals surface area contributed by atoms with Crippen LogP contribution in [-0.2, 0) is 20.6 Å². The van der Waals surface area contributed by atoms with E-state index >= 15 is 0 Å². The lowest BCUT2D eigenvalue weighted by molar-refractivity contribution is -0.385. The molecule has 0 fully saturated rings. The van der Waals surface area contributed by atoms with E-state index in [4.69, 9.17) is 9.16 Å². The van der Waals surface area contributed by atoms with Crippen molar-refractivity contribution < 1.29 is 23.6 Å². The van der Waals surface area contributed by atoms with Crippen molar-refractivity contribution in [2.75, 3.05) is 13.7 Å². The van der Waals surface area contributed by atoms with Crippen LogP contribution in [-0.4, -0.2) is 32.9 Å². The van der Waals surface area contributed by atoms with Gasteiger partial charge in [0.15, 0.2) is 20.7 Å². The first-order valence-electron chi connectivity index (χ1n) is 7.59. The summed E-state index contributed by atoms with van der Waals surface area (Å²) in [4.78, 5) is 21.8. The maximum Gasteiger partial charge on any atom is 0.343 e. The minimum Gasteiger partial charge on any atom is -0.475 e. The molecule has 1 aromatic carbocycles. The third-order valence-electron chi connectivity index (χ3n) is 4.20. The molecule has 0 aliphatic rings. The molecular weight excluding hydrogens is 330 g/mol. The number of nitro benzene ring substituents is 1. The van der Waals surface area contributed by atoms with Gasteiger partial charge in [0.1, 0.15) is 0 Å². The molecular formula is C16H25NO6Si. The normalized spacial score (nSPS) is 11.9. The van der Waals surface area contributed by atoms with Crippen LogP contribution < -0.4 is 4.74 Å². The van der Waals surface area contributed by atoms with E-state index in [0.717, 1.165) is 0 Å². The highest BCUT2D eigenvalue weighted by Crippen LogP contribution is 2.37. The number of methoxy groups -OCH3 is 1. The molecule has 0 unspecified atom stereocenters. The number of esters is 1. The van der Waals surface area contributed by atoms with Gasteiger partial charge in [-0.05, 0) is 29.8 Å². The monoisotopic (exact) mass is 355 g/mol. The summed E-state index contributed by atoms with van der Waals surface area (Å²) in [7, 11) is -0.720. The zero-order valence-electron chi connectivity index (χ0n) is 15.0. The van der Waals surface area contributed by atoms with Gasteiger partial charge in [-0.25, -0.2) is 4.79 Å². The van der Waals surface area contributed by atoms with Crippen molar-refractivity contribution in [3.05, 3.63) is 33.9 Å². The number of carbonyl (C=O) groups excluding carboxylic acids is 1. The predicted octanol–water partition coefficient (Wildman–Crippen LogP) is 3.67. The summed E-state index contributed by atoms with van der Waals surface area (Å²) >= 11 is 0. The highest BCUT2D eigenvalue weighted by atomic mass is 28.4. The second-order valence-electron chi connectivity index (χ2n) is 6.97. The second-order valence-corrected chi connectivity index (χ2v) is 11.8. The predicted molar refractivity (Wildman–Crippen MR) is 92.6 cm³/mol. The maximum absolute atomic E-state index is 11.2. The first-order valence-corrected chi connectivity index (χ1v) is 10.5. The number of benzene rings is 1. The Morgan fingerprint density at radius 2 is 1.92 bits per heavy atom. The summed E-state index contributed by atoms with van der Waals surface area (Å²) in [5.41, 5.74) is 0.493. The van der Waals surface area contributed by atoms with Gasteiger partial charge >= 0.3 is 11.7 Å². The minimum absolute atomic E-state index is 0.0291. The summed E-state index contributed by atoms with van der Waals surface area (Å²) < 4.78 is 15.7. The van der Waals surface area contributed by atoms with Crippen LogP contribution in [0, 0.1) is 10.1 Å². The lowest BCUT2D eigenvalue weighted by Gasteiger charge is -2.36. The third kappa shape index (κ3) is 5.31. The van der Waals surface area contributed by atoms with Gasteiger partial charge in [0.2, 0.25) is 0 Å². The highest BCUT2D eigenvalue weighted by Gasteiger charge is 2.37. The first-order chi connectivity index (χ1) is 11.0. The molecule has 0 saturated heterocycles. The number of rotatable bonds is 7. The molecule has 0 amide bonds. The van der Waals surface area contributed by atoms with Gasteiger partial charge in [-0.2, -0.15) is 0 Å². The second kappa shape index (κ2) is 7.76. The number of nitro groups is 1. The van der Waals surface area contributed by atoms with Crippen LogP contribution in [0.15, 0.2) is 18.2 Å². The van der Waals surface area contributed by atoms with Gasteiger partial charge < -0.3 is 13.9 Å². The Kier molecular flexibility index (Phi) is 6.50. The molecule has 0 N–H and O–H groups in total. The van der Waals surface area contributed by atoms with Crippen LogP contribution in [0.4, 0.5) is 5.69 Å². The fraction of sp³-hybridized carbons (Fsp3) is 0.562. The van der Waals surface area contributed by atoms with Gasteiger partial charge in [-0.15, -0.1) is 0 Å². The zero-order chi connectivity index (χ0) is 18.5. The lowest BCUT2D eigenvalue weighted by atomic mass is 10.2. The van der Waals surface area contributed by atoms with E-state index in [2.05, 4.69) is 38.6 Å². The van der Waals surface area contributed by atoms with Crippen molar-refractivity contribution in [2.24, 2.45) is 0 Å². The average Bonchev–Trinajstić information content (AvgIpc) is 2.49. The molecule has 0 saturated carbocycles. The van der Waals surface area contributed by atoms with E-state index in [-0.39, 0.29) is 23.1 Å². The Hall–Kier alpha value is -1.93. The number of nitrogens with zero attached hydrogens (tertiary/aromatic N) is 1. The molecule has 0 aliphatic carbocycles. The van der Waals surface area contributed by atoms with E-state index in [0.29, 0.717) is 12.2 Å². The van der Waals surface area contributed by atoms with Crippen molar-refractivity contribution in [1.29, 1.82) is 0 Å². The molecule has 8 heteroatoms. The summed E-state index contributed by atoms with van der Waals surface area (Å²) in [6.45, 7) is 10.6. The van der Waals surface area contributed by atoms with E-state index in [1.54, 1.807) is 6.07 Å². The Labute approximate surface area is 143 Å². The molecule has 134 valence electrons. The SMILES string of the molecule is COC(=O)COc1ccc(CO[Si](C)(C)C(C)(C)C)cc1[N+](=O)[O-]. The number of carbonyl (C=O) groups is 1. The Morgan fingerprint density at radius 1 is 1.29 bits per heavy atom. The quantitative estimate of drug-likeness (QED) is 0.321. The van der Waals surface area contributed by atoms with Crippen LogP contribution in [0.25, 0.3) is 0 Å². The Balaban J connectivity index is 2.90. The molecule has 0 aromatic heterocycles. The molecule has 1 rings (SSSR count). The molecule has 0 bridgehead atoms. The van der Waals surface area contributed by atoms with Gasteiger partial charge in [0, 0.05) is 6.07 Å². The van der Waals surface area contributed by atoms with Crippen LogP contribution >= 0.6 is 0 Å². The molecule has 1 aromatic rings. The molecule has 0 radical (unpaired) electrons. The third-order valence-corrected chi connectivity index (χ3v) is 8.68. The number of hydrogen-bond acceptors (Lipinski definition) is 6. The summed E-state index contributed by atoms with van der Waals surface area (Å²) in [6.07, 6.45) is 0. The van der Waals surface area contributed by atoms with Crippen molar-refractivity contribution in [3.8, 4) is 5.75 Å². The standard InChI is InChI=1S/C16H25NO6Si/c1-16(2,3)24(5,6)23-10-12-7-8-14(13(9-12)17(19)20)22-11-15(18)21-4/h7-9H,10-11H2,1-6H3. The average molecular weight is 355 g/mol. The fourth-order valence-corrected chi connectivity index (χ4v) is 2.55. The van der Waals surface area contributed by atoms with Gasteiger partial charge in [0.05, 0.1) is 18.6 Å². The fourth-order valence-electron chi connectivity index (χ4n) is 1.59. The topological polar surface area (TPSA) is 87.9 Å². The zero-order valence-corrected chi connectivity index (χ0v) is 16.0. The van der Waals surface area contributed by atoms with Crippen LogP contribution in [0.3, 0.4) is 0 Å². The van der Waals surface area contributed by atoms with Gasteiger partial charge in [-0.1, -0.05) is 26.8 Å². The van der Waals surface area contributed by atoms with Gasteiger partial charge in [0.25, 0.3) is 0 Å². The number of ether oxygens (including phenoxy) is 2. The van der Waals surface area contributed by atoms with Crippen molar-refractivity contribution in [2.45, 2.75) is 45.5 Å². The molecule has 0 aliphatic heterocycles. The summed E-state index contributed by atoms with van der Waals surface area (Å²) in [6, 6.07) is 4.60. The van der Waals surface area contributed by atoms with Crippen LogP contribution in [0.1, 0.15) is 26.3 Å². The van der Waals surface area contributed by atoms with Crippen molar-refractivity contribution >= 4 is 20.0 Å². The smallest absolute Gasteiger partial charge is 0.343 e. The Bertz CT molecular complexity index is 609. The largest absolute Gasteiger partial charge is 0.475 e. The summed E-state index contributed by atoms with van der Waals surface area (Å²) in [5, 5.41) is 11.3. The molecule has 0 spiro atoms. The minimum atomic E-state index is -1.94. The van der Waals surface area contributed by atoms with Crippen molar-refractivity contribution in [3.63, 3.8) is 0 Å². The van der Waals surface area contributed by atoms with Crippen LogP contribution in [0.5, 0.6) is 5.75 Å². The molecule has 24 heavy (non-hydrogen) atoms. The van der Waals surface area contributed by atoms with E-state index < -0.39 is 19.2 Å². The number of hydrogen-bond donors (Lipinski definition) is 0. The maximum atomic E-state index is 11.2. The molecule has 0 atom stereocenters. The van der Waals surface area contributed by atoms with E-state index in [1.807, 2.05) is 0 Å². The summed E-state index contributed by atoms with van der Waals surface area (Å²) in [5.74, 6) is -0.573. The van der Waals surface area contributed by atoms with Crippen LogP contribution in [0.2, 0.25) is 18.1 Å².